The minimum absolute atomic E-state index is 0.119. The minimum Gasteiger partial charge on any atom is -0.508 e. The van der Waals surface area contributed by atoms with Crippen LogP contribution in [0.4, 0.5) is 0 Å². The second-order valence-corrected chi connectivity index (χ2v) is 3.08. The summed E-state index contributed by atoms with van der Waals surface area (Å²) in [7, 11) is 0. The number of hydrogen-bond donors (Lipinski definition) is 3. The number of nitrogens with zero attached hydrogens (tertiary/aromatic N) is 1. The molecule has 2 unspecified atom stereocenters. The van der Waals surface area contributed by atoms with Crippen molar-refractivity contribution in [2.24, 2.45) is 0 Å². The topological polar surface area (TPSA) is 84.5 Å². The third kappa shape index (κ3) is 2.02. The number of hydrogen-bond acceptors (Lipinski definition) is 4. The van der Waals surface area contributed by atoms with Gasteiger partial charge in [-0.05, 0) is 18.6 Å². The van der Waals surface area contributed by atoms with E-state index in [0.717, 1.165) is 5.56 Å². The highest BCUT2D eigenvalue weighted by atomic mass is 16.3. The zero-order valence-electron chi connectivity index (χ0n) is 7.68. The summed E-state index contributed by atoms with van der Waals surface area (Å²) in [5.41, 5.74) is 0.995. The lowest BCUT2D eigenvalue weighted by Crippen LogP contribution is -2.15. The quantitative estimate of drug-likeness (QED) is 0.601. The van der Waals surface area contributed by atoms with Crippen molar-refractivity contribution in [2.45, 2.75) is 19.1 Å². The molecule has 0 aromatic heterocycles. The standard InChI is InChI=1S/C10H11NO3/c1-6-2-3-7(8(12)4-6)10(14)9(13)5-11/h2-4,9-10,12-14H,1H3. The van der Waals surface area contributed by atoms with Crippen LogP contribution >= 0.6 is 0 Å². The van der Waals surface area contributed by atoms with Gasteiger partial charge in [0, 0.05) is 5.56 Å². The number of phenols is 1. The number of aryl methyl sites for hydroxylation is 1. The maximum atomic E-state index is 9.43. The molecule has 1 rings (SSSR count). The van der Waals surface area contributed by atoms with Gasteiger partial charge in [0.2, 0.25) is 0 Å². The molecule has 2 atom stereocenters. The van der Waals surface area contributed by atoms with Crippen LogP contribution in [0.1, 0.15) is 17.2 Å². The third-order valence-corrected chi connectivity index (χ3v) is 1.94. The summed E-state index contributed by atoms with van der Waals surface area (Å²) in [5.74, 6) is -0.119. The Morgan fingerprint density at radius 2 is 2.00 bits per heavy atom. The third-order valence-electron chi connectivity index (χ3n) is 1.94. The first kappa shape index (κ1) is 10.5. The molecule has 4 nitrogen and oxygen atoms in total. The van der Waals surface area contributed by atoms with E-state index in [4.69, 9.17) is 10.4 Å². The molecular weight excluding hydrogens is 182 g/mol. The molecule has 0 saturated carbocycles. The van der Waals surface area contributed by atoms with Crippen molar-refractivity contribution in [3.63, 3.8) is 0 Å². The number of benzene rings is 1. The Morgan fingerprint density at radius 3 is 2.50 bits per heavy atom. The van der Waals surface area contributed by atoms with Gasteiger partial charge in [0.05, 0.1) is 6.07 Å². The van der Waals surface area contributed by atoms with E-state index < -0.39 is 12.2 Å². The van der Waals surface area contributed by atoms with Gasteiger partial charge >= 0.3 is 0 Å². The van der Waals surface area contributed by atoms with Crippen LogP contribution in [0.5, 0.6) is 5.75 Å². The van der Waals surface area contributed by atoms with Crippen LogP contribution in [-0.2, 0) is 0 Å². The summed E-state index contributed by atoms with van der Waals surface area (Å²) in [6, 6.07) is 6.13. The fourth-order valence-electron chi connectivity index (χ4n) is 1.14. The Kier molecular flexibility index (Phi) is 3.07. The van der Waals surface area contributed by atoms with Crippen molar-refractivity contribution in [3.8, 4) is 11.8 Å². The first-order valence-corrected chi connectivity index (χ1v) is 4.11. The van der Waals surface area contributed by atoms with Crippen LogP contribution in [0.3, 0.4) is 0 Å². The first-order chi connectivity index (χ1) is 6.56. The fourth-order valence-corrected chi connectivity index (χ4v) is 1.14. The lowest BCUT2D eigenvalue weighted by atomic mass is 10.0. The summed E-state index contributed by atoms with van der Waals surface area (Å²) in [6.07, 6.45) is -2.90. The van der Waals surface area contributed by atoms with E-state index in [9.17, 15) is 10.2 Å². The summed E-state index contributed by atoms with van der Waals surface area (Å²) < 4.78 is 0. The number of phenolic OH excluding ortho intramolecular Hbond substituents is 1. The zero-order chi connectivity index (χ0) is 10.7. The van der Waals surface area contributed by atoms with Gasteiger partial charge in [-0.2, -0.15) is 5.26 Å². The van der Waals surface area contributed by atoms with E-state index >= 15 is 0 Å². The SMILES string of the molecule is Cc1ccc(C(O)C(O)C#N)c(O)c1. The molecular formula is C10H11NO3. The molecule has 0 aliphatic carbocycles. The number of nitriles is 1. The largest absolute Gasteiger partial charge is 0.508 e. The number of aromatic hydroxyl groups is 1. The number of rotatable bonds is 2. The predicted molar refractivity (Wildman–Crippen MR) is 49.4 cm³/mol. The number of aliphatic hydroxyl groups is 2. The Morgan fingerprint density at radius 1 is 1.36 bits per heavy atom. The normalized spacial score (nSPS) is 14.4. The van der Waals surface area contributed by atoms with E-state index in [1.807, 2.05) is 0 Å². The van der Waals surface area contributed by atoms with Crippen LogP contribution in [0.15, 0.2) is 18.2 Å². The minimum atomic E-state index is -1.52. The molecule has 0 fully saturated rings. The van der Waals surface area contributed by atoms with Crippen molar-refractivity contribution in [2.75, 3.05) is 0 Å². The molecule has 4 heteroatoms. The van der Waals surface area contributed by atoms with Gasteiger partial charge < -0.3 is 15.3 Å². The summed E-state index contributed by atoms with van der Waals surface area (Å²) in [4.78, 5) is 0. The fraction of sp³-hybridized carbons (Fsp3) is 0.300. The average molecular weight is 193 g/mol. The highest BCUT2D eigenvalue weighted by Gasteiger charge is 2.20. The molecule has 0 bridgehead atoms. The molecule has 0 spiro atoms. The van der Waals surface area contributed by atoms with Crippen LogP contribution in [-0.4, -0.2) is 21.4 Å². The van der Waals surface area contributed by atoms with Crippen molar-refractivity contribution in [1.29, 1.82) is 5.26 Å². The Hall–Kier alpha value is -1.57. The van der Waals surface area contributed by atoms with Crippen molar-refractivity contribution >= 4 is 0 Å². The smallest absolute Gasteiger partial charge is 0.170 e. The molecule has 1 aromatic rings. The maximum absolute atomic E-state index is 9.43. The van der Waals surface area contributed by atoms with Gasteiger partial charge in [-0.1, -0.05) is 12.1 Å². The molecule has 0 aliphatic rings. The van der Waals surface area contributed by atoms with Crippen LogP contribution in [0.2, 0.25) is 0 Å². The van der Waals surface area contributed by atoms with Gasteiger partial charge in [-0.25, -0.2) is 0 Å². The van der Waals surface area contributed by atoms with Crippen LogP contribution < -0.4 is 0 Å². The Labute approximate surface area is 81.7 Å². The van der Waals surface area contributed by atoms with E-state index in [0.29, 0.717) is 0 Å². The van der Waals surface area contributed by atoms with Crippen LogP contribution in [0, 0.1) is 18.3 Å². The Bertz CT molecular complexity index is 370. The summed E-state index contributed by atoms with van der Waals surface area (Å²) in [5, 5.41) is 36.3. The lowest BCUT2D eigenvalue weighted by Gasteiger charge is -2.13. The van der Waals surface area contributed by atoms with E-state index in [-0.39, 0.29) is 11.3 Å². The number of aliphatic hydroxyl groups excluding tert-OH is 2. The highest BCUT2D eigenvalue weighted by Crippen LogP contribution is 2.26. The molecule has 0 saturated heterocycles. The van der Waals surface area contributed by atoms with Gasteiger partial charge in [-0.15, -0.1) is 0 Å². The lowest BCUT2D eigenvalue weighted by molar-refractivity contribution is 0.0511. The van der Waals surface area contributed by atoms with Gasteiger partial charge in [0.15, 0.2) is 6.10 Å². The maximum Gasteiger partial charge on any atom is 0.170 e. The average Bonchev–Trinajstić information content (AvgIpc) is 2.15. The van der Waals surface area contributed by atoms with E-state index in [2.05, 4.69) is 0 Å². The molecule has 3 N–H and O–H groups in total. The molecule has 1 aromatic carbocycles. The van der Waals surface area contributed by atoms with E-state index in [1.54, 1.807) is 13.0 Å². The molecule has 0 radical (unpaired) electrons. The van der Waals surface area contributed by atoms with E-state index in [1.165, 1.54) is 18.2 Å². The van der Waals surface area contributed by atoms with Crippen molar-refractivity contribution in [3.05, 3.63) is 29.3 Å². The zero-order valence-corrected chi connectivity index (χ0v) is 7.68. The molecule has 0 heterocycles. The van der Waals surface area contributed by atoms with Gasteiger partial charge in [0.1, 0.15) is 11.9 Å². The predicted octanol–water partition coefficient (Wildman–Crippen LogP) is 0.618. The van der Waals surface area contributed by atoms with Gasteiger partial charge in [-0.3, -0.25) is 0 Å². The second-order valence-electron chi connectivity index (χ2n) is 3.08. The van der Waals surface area contributed by atoms with Gasteiger partial charge in [0.25, 0.3) is 0 Å². The summed E-state index contributed by atoms with van der Waals surface area (Å²) in [6.45, 7) is 1.79. The second kappa shape index (κ2) is 4.09. The monoisotopic (exact) mass is 193 g/mol. The Balaban J connectivity index is 3.03. The highest BCUT2D eigenvalue weighted by molar-refractivity contribution is 5.38. The van der Waals surface area contributed by atoms with Crippen molar-refractivity contribution in [1.82, 2.24) is 0 Å². The molecule has 0 aliphatic heterocycles. The van der Waals surface area contributed by atoms with Crippen LogP contribution in [0.25, 0.3) is 0 Å². The molecule has 14 heavy (non-hydrogen) atoms. The van der Waals surface area contributed by atoms with Crippen molar-refractivity contribution < 1.29 is 15.3 Å². The summed E-state index contributed by atoms with van der Waals surface area (Å²) >= 11 is 0. The first-order valence-electron chi connectivity index (χ1n) is 4.11. The molecule has 74 valence electrons. The molecule has 0 amide bonds.